The standard InChI is InChI=1S/C50H82O6/c1-4-7-10-13-16-19-21-23-24-25-27-28-31-34-37-40-43-49(52)55-46-47(45-54-48(51)42-39-36-33-30-18-15-12-9-6-3)56-50(53)44-41-38-35-32-29-26-22-20-17-14-11-8-5-2/h7,9-10,12,16,18-19,23-24,27-28,30,34,37,47H,4-6,8,11,13-15,17,20-22,25-26,29,31-33,35-36,38-46H2,1-3H3/b10-7-,12-9-,19-16-,24-23-,28-27-,30-18-,37-34-. The number of unbranched alkanes of at least 4 members (excludes halogenated alkanes) is 14. The van der Waals surface area contributed by atoms with Gasteiger partial charge in [-0.3, -0.25) is 14.4 Å². The maximum absolute atomic E-state index is 12.7. The van der Waals surface area contributed by atoms with Gasteiger partial charge in [-0.05, 0) is 77.0 Å². The summed E-state index contributed by atoms with van der Waals surface area (Å²) in [5.74, 6) is -1.04. The van der Waals surface area contributed by atoms with Crippen LogP contribution in [-0.2, 0) is 28.6 Å². The third-order valence-corrected chi connectivity index (χ3v) is 9.16. The van der Waals surface area contributed by atoms with E-state index in [0.717, 1.165) is 83.5 Å². The van der Waals surface area contributed by atoms with Crippen LogP contribution in [0.25, 0.3) is 0 Å². The molecule has 0 fully saturated rings. The summed E-state index contributed by atoms with van der Waals surface area (Å²) in [7, 11) is 0. The minimum Gasteiger partial charge on any atom is -0.462 e. The van der Waals surface area contributed by atoms with E-state index in [1.165, 1.54) is 64.2 Å². The molecular weight excluding hydrogens is 697 g/mol. The Hall–Kier alpha value is -3.41. The molecule has 6 nitrogen and oxygen atoms in total. The molecule has 0 rings (SSSR count). The quantitative estimate of drug-likeness (QED) is 0.0268. The Labute approximate surface area is 344 Å². The molecule has 0 saturated heterocycles. The van der Waals surface area contributed by atoms with Gasteiger partial charge in [0.25, 0.3) is 0 Å². The van der Waals surface area contributed by atoms with Crippen molar-refractivity contribution in [3.05, 3.63) is 85.1 Å². The summed E-state index contributed by atoms with van der Waals surface area (Å²) in [6.07, 6.45) is 55.9. The summed E-state index contributed by atoms with van der Waals surface area (Å²) in [6, 6.07) is 0. The number of ether oxygens (including phenoxy) is 3. The zero-order valence-corrected chi connectivity index (χ0v) is 36.1. The second-order valence-corrected chi connectivity index (χ2v) is 14.5. The van der Waals surface area contributed by atoms with Crippen molar-refractivity contribution < 1.29 is 28.6 Å². The fourth-order valence-corrected chi connectivity index (χ4v) is 5.82. The summed E-state index contributed by atoms with van der Waals surface area (Å²) in [5, 5.41) is 0. The molecule has 6 heteroatoms. The van der Waals surface area contributed by atoms with Crippen molar-refractivity contribution in [1.29, 1.82) is 0 Å². The Morgan fingerprint density at radius 1 is 0.375 bits per heavy atom. The molecule has 0 aliphatic heterocycles. The van der Waals surface area contributed by atoms with Gasteiger partial charge in [0, 0.05) is 19.3 Å². The molecule has 1 unspecified atom stereocenters. The van der Waals surface area contributed by atoms with Crippen LogP contribution in [0.3, 0.4) is 0 Å². The minimum absolute atomic E-state index is 0.116. The van der Waals surface area contributed by atoms with Crippen LogP contribution in [0.2, 0.25) is 0 Å². The van der Waals surface area contributed by atoms with Crippen LogP contribution < -0.4 is 0 Å². The van der Waals surface area contributed by atoms with Crippen molar-refractivity contribution in [3.63, 3.8) is 0 Å². The van der Waals surface area contributed by atoms with Crippen LogP contribution >= 0.6 is 0 Å². The first-order valence-corrected chi connectivity index (χ1v) is 22.6. The van der Waals surface area contributed by atoms with Crippen LogP contribution in [0.1, 0.15) is 194 Å². The van der Waals surface area contributed by atoms with Crippen LogP contribution in [-0.4, -0.2) is 37.2 Å². The lowest BCUT2D eigenvalue weighted by atomic mass is 10.0. The number of carbonyl (C=O) groups excluding carboxylic acids is 3. The largest absolute Gasteiger partial charge is 0.462 e. The Kier molecular flexibility index (Phi) is 41.6. The molecule has 0 aromatic heterocycles. The molecule has 1 atom stereocenters. The Balaban J connectivity index is 4.50. The summed E-state index contributed by atoms with van der Waals surface area (Å²) in [5.41, 5.74) is 0. The monoisotopic (exact) mass is 779 g/mol. The third kappa shape index (κ3) is 41.7. The molecule has 0 aliphatic carbocycles. The van der Waals surface area contributed by atoms with Gasteiger partial charge in [-0.2, -0.15) is 0 Å². The van der Waals surface area contributed by atoms with E-state index in [1.54, 1.807) is 0 Å². The first-order valence-electron chi connectivity index (χ1n) is 22.6. The number of hydrogen-bond acceptors (Lipinski definition) is 6. The van der Waals surface area contributed by atoms with Gasteiger partial charge in [0.1, 0.15) is 13.2 Å². The minimum atomic E-state index is -0.815. The molecule has 0 radical (unpaired) electrons. The molecule has 0 aliphatic rings. The van der Waals surface area contributed by atoms with E-state index in [0.29, 0.717) is 19.3 Å². The van der Waals surface area contributed by atoms with Crippen LogP contribution in [0.15, 0.2) is 85.1 Å². The van der Waals surface area contributed by atoms with Gasteiger partial charge >= 0.3 is 17.9 Å². The maximum Gasteiger partial charge on any atom is 0.306 e. The second-order valence-electron chi connectivity index (χ2n) is 14.5. The molecule has 318 valence electrons. The lowest BCUT2D eigenvalue weighted by molar-refractivity contribution is -0.166. The first-order chi connectivity index (χ1) is 27.5. The van der Waals surface area contributed by atoms with Crippen LogP contribution in [0, 0.1) is 0 Å². The van der Waals surface area contributed by atoms with Crippen molar-refractivity contribution in [2.24, 2.45) is 0 Å². The van der Waals surface area contributed by atoms with Gasteiger partial charge in [0.15, 0.2) is 6.10 Å². The highest BCUT2D eigenvalue weighted by atomic mass is 16.6. The van der Waals surface area contributed by atoms with E-state index in [-0.39, 0.29) is 37.5 Å². The number of carbonyl (C=O) groups is 3. The molecule has 0 aromatic rings. The van der Waals surface area contributed by atoms with E-state index in [4.69, 9.17) is 14.2 Å². The molecular formula is C50H82O6. The average molecular weight is 779 g/mol. The fraction of sp³-hybridized carbons (Fsp3) is 0.660. The third-order valence-electron chi connectivity index (χ3n) is 9.16. The summed E-state index contributed by atoms with van der Waals surface area (Å²) in [6.45, 7) is 6.28. The van der Waals surface area contributed by atoms with E-state index >= 15 is 0 Å². The van der Waals surface area contributed by atoms with E-state index < -0.39 is 6.10 Å². The molecule has 0 aromatic carbocycles. The average Bonchev–Trinajstić information content (AvgIpc) is 3.19. The Morgan fingerprint density at radius 2 is 0.732 bits per heavy atom. The van der Waals surface area contributed by atoms with E-state index in [9.17, 15) is 14.4 Å². The molecule has 0 heterocycles. The second kappa shape index (κ2) is 44.3. The van der Waals surface area contributed by atoms with Gasteiger partial charge < -0.3 is 14.2 Å². The zero-order chi connectivity index (χ0) is 40.8. The highest BCUT2D eigenvalue weighted by Gasteiger charge is 2.19. The summed E-state index contributed by atoms with van der Waals surface area (Å²) < 4.78 is 16.6. The van der Waals surface area contributed by atoms with Gasteiger partial charge in [0.05, 0.1) is 0 Å². The summed E-state index contributed by atoms with van der Waals surface area (Å²) >= 11 is 0. The van der Waals surface area contributed by atoms with Crippen molar-refractivity contribution >= 4 is 17.9 Å². The topological polar surface area (TPSA) is 78.9 Å². The lowest BCUT2D eigenvalue weighted by Crippen LogP contribution is -2.30. The highest BCUT2D eigenvalue weighted by molar-refractivity contribution is 5.71. The summed E-state index contributed by atoms with van der Waals surface area (Å²) in [4.78, 5) is 37.6. The van der Waals surface area contributed by atoms with Gasteiger partial charge in [-0.25, -0.2) is 0 Å². The van der Waals surface area contributed by atoms with Gasteiger partial charge in [0.2, 0.25) is 0 Å². The number of rotatable bonds is 39. The normalized spacial score (nSPS) is 12.8. The predicted molar refractivity (Wildman–Crippen MR) is 237 cm³/mol. The number of allylic oxidation sites excluding steroid dienone is 14. The molecule has 0 bridgehead atoms. The predicted octanol–water partition coefficient (Wildman–Crippen LogP) is 14.5. The zero-order valence-electron chi connectivity index (χ0n) is 36.1. The Morgan fingerprint density at radius 3 is 1.20 bits per heavy atom. The van der Waals surface area contributed by atoms with Crippen molar-refractivity contribution in [2.75, 3.05) is 13.2 Å². The highest BCUT2D eigenvalue weighted by Crippen LogP contribution is 2.14. The molecule has 0 spiro atoms. The van der Waals surface area contributed by atoms with Gasteiger partial charge in [-0.15, -0.1) is 0 Å². The molecule has 0 amide bonds. The number of hydrogen-bond donors (Lipinski definition) is 0. The van der Waals surface area contributed by atoms with Crippen molar-refractivity contribution in [2.45, 2.75) is 200 Å². The fourth-order valence-electron chi connectivity index (χ4n) is 5.82. The van der Waals surface area contributed by atoms with Gasteiger partial charge in [-0.1, -0.05) is 183 Å². The maximum atomic E-state index is 12.7. The van der Waals surface area contributed by atoms with Crippen molar-refractivity contribution in [3.8, 4) is 0 Å². The molecule has 0 N–H and O–H groups in total. The van der Waals surface area contributed by atoms with E-state index in [2.05, 4.69) is 93.7 Å². The SMILES string of the molecule is CC/C=C\C/C=C\C/C=C\C/C=C\C/C=C\CCC(=O)OCC(COC(=O)CCCC/C=C\C/C=C\CC)OC(=O)CCCCCCCCCCCCCCC. The molecule has 0 saturated carbocycles. The number of esters is 3. The first kappa shape index (κ1) is 52.6. The van der Waals surface area contributed by atoms with Crippen LogP contribution in [0.5, 0.6) is 0 Å². The van der Waals surface area contributed by atoms with Crippen LogP contribution in [0.4, 0.5) is 0 Å². The van der Waals surface area contributed by atoms with Crippen molar-refractivity contribution in [1.82, 2.24) is 0 Å². The Bertz CT molecular complexity index is 1120. The smallest absolute Gasteiger partial charge is 0.306 e. The molecule has 56 heavy (non-hydrogen) atoms. The lowest BCUT2D eigenvalue weighted by Gasteiger charge is -2.18. The van der Waals surface area contributed by atoms with E-state index in [1.807, 2.05) is 12.2 Å².